The lowest BCUT2D eigenvalue weighted by Crippen LogP contribution is -2.49. The molecule has 7 aromatic rings. The van der Waals surface area contributed by atoms with Gasteiger partial charge in [-0.15, -0.1) is 0 Å². The van der Waals surface area contributed by atoms with Crippen molar-refractivity contribution in [3.63, 3.8) is 0 Å². The number of benzene rings is 4. The lowest BCUT2D eigenvalue weighted by Gasteiger charge is -2.39. The third kappa shape index (κ3) is 5.77. The molecule has 0 amide bonds. The van der Waals surface area contributed by atoms with Gasteiger partial charge in [-0.25, -0.2) is 4.98 Å². The fourth-order valence-electron chi connectivity index (χ4n) is 8.72. The number of aromatic nitrogens is 4. The highest BCUT2D eigenvalue weighted by molar-refractivity contribution is 6.09. The van der Waals surface area contributed by atoms with Gasteiger partial charge in [-0.1, -0.05) is 97.0 Å². The first-order valence-electron chi connectivity index (χ1n) is 18.2. The second kappa shape index (κ2) is 12.2. The number of fused-ring (bicyclic) bond motifs is 3. The number of pyridine rings is 1. The van der Waals surface area contributed by atoms with Crippen LogP contribution in [0.1, 0.15) is 72.4 Å². The summed E-state index contributed by atoms with van der Waals surface area (Å²) >= 11 is 0. The minimum atomic E-state index is 0.0160. The van der Waals surface area contributed by atoms with Crippen molar-refractivity contribution in [3.05, 3.63) is 121 Å². The second-order valence-electron chi connectivity index (χ2n) is 16.5. The number of ether oxygens (including phenoxy) is 1. The normalized spacial score (nSPS) is 14.4. The van der Waals surface area contributed by atoms with E-state index in [0.717, 1.165) is 47.0 Å². The smallest absolute Gasteiger partial charge is 0.244 e. The molecule has 0 aliphatic carbocycles. The molecule has 4 heterocycles. The van der Waals surface area contributed by atoms with Gasteiger partial charge in [0.25, 0.3) is 0 Å². The van der Waals surface area contributed by atoms with E-state index >= 15 is 0 Å². The van der Waals surface area contributed by atoms with Gasteiger partial charge in [-0.3, -0.25) is 4.57 Å². The monoisotopic (exact) mass is 660 g/mol. The maximum absolute atomic E-state index is 6.65. The average Bonchev–Trinajstić information content (AvgIpc) is 3.60. The van der Waals surface area contributed by atoms with Crippen LogP contribution in [0, 0.1) is 23.6 Å². The molecule has 4 aromatic carbocycles. The van der Waals surface area contributed by atoms with Gasteiger partial charge < -0.3 is 13.9 Å². The summed E-state index contributed by atoms with van der Waals surface area (Å²) in [5.74, 6) is 3.79. The summed E-state index contributed by atoms with van der Waals surface area (Å²) in [4.78, 5) is 4.85. The van der Waals surface area contributed by atoms with Crippen LogP contribution in [0.25, 0.3) is 44.3 Å². The Morgan fingerprint density at radius 1 is 0.780 bits per heavy atom. The van der Waals surface area contributed by atoms with Crippen molar-refractivity contribution in [3.8, 4) is 23.0 Å². The van der Waals surface area contributed by atoms with Crippen LogP contribution < -0.4 is 9.30 Å². The van der Waals surface area contributed by atoms with E-state index < -0.39 is 0 Å². The number of para-hydroxylation sites is 2. The van der Waals surface area contributed by atoms with Gasteiger partial charge in [-0.2, -0.15) is 0 Å². The van der Waals surface area contributed by atoms with Gasteiger partial charge in [0, 0.05) is 28.5 Å². The highest BCUT2D eigenvalue weighted by Crippen LogP contribution is 2.42. The molecule has 50 heavy (non-hydrogen) atoms. The summed E-state index contributed by atoms with van der Waals surface area (Å²) in [5.41, 5.74) is 8.69. The van der Waals surface area contributed by atoms with E-state index in [9.17, 15) is 0 Å². The minimum absolute atomic E-state index is 0.0160. The van der Waals surface area contributed by atoms with Crippen molar-refractivity contribution in [2.75, 3.05) is 0 Å². The summed E-state index contributed by atoms with van der Waals surface area (Å²) in [6, 6.07) is 34.5. The Hall–Kier alpha value is -4.90. The summed E-state index contributed by atoms with van der Waals surface area (Å²) < 4.78 is 13.5. The molecule has 0 spiro atoms. The molecule has 5 nitrogen and oxygen atoms in total. The Morgan fingerprint density at radius 2 is 1.50 bits per heavy atom. The van der Waals surface area contributed by atoms with Crippen molar-refractivity contribution in [1.29, 1.82) is 0 Å². The van der Waals surface area contributed by atoms with Gasteiger partial charge in [0.05, 0.1) is 34.3 Å². The van der Waals surface area contributed by atoms with Crippen LogP contribution >= 0.6 is 0 Å². The quantitative estimate of drug-likeness (QED) is 0.120. The van der Waals surface area contributed by atoms with Crippen LogP contribution in [0.5, 0.6) is 11.5 Å². The zero-order chi connectivity index (χ0) is 34.8. The number of hydrogen-bond donors (Lipinski definition) is 0. The average molecular weight is 661 g/mol. The Kier molecular flexibility index (Phi) is 7.85. The molecule has 0 N–H and O–H groups in total. The van der Waals surface area contributed by atoms with Crippen LogP contribution in [0.3, 0.4) is 0 Å². The molecule has 0 unspecified atom stereocenters. The maximum Gasteiger partial charge on any atom is 0.244 e. The highest BCUT2D eigenvalue weighted by Gasteiger charge is 2.38. The molecule has 1 aliphatic heterocycles. The fourth-order valence-corrected chi connectivity index (χ4v) is 8.72. The van der Waals surface area contributed by atoms with Gasteiger partial charge in [0.15, 0.2) is 0 Å². The number of rotatable bonds is 8. The van der Waals surface area contributed by atoms with Crippen molar-refractivity contribution >= 4 is 32.8 Å². The molecule has 0 saturated heterocycles. The Morgan fingerprint density at radius 3 is 2.28 bits per heavy atom. The van der Waals surface area contributed by atoms with E-state index in [-0.39, 0.29) is 10.8 Å². The fraction of sp³-hybridized carbons (Fsp3) is 0.333. The van der Waals surface area contributed by atoms with E-state index in [0.29, 0.717) is 11.8 Å². The molecule has 254 valence electrons. The van der Waals surface area contributed by atoms with E-state index in [4.69, 9.17) is 9.72 Å². The van der Waals surface area contributed by atoms with Crippen LogP contribution in [0.15, 0.2) is 103 Å². The standard InChI is InChI=1S/C45H48N4O/c1-30(2)25-45(26-31(3)4)27-32-12-10-17-40-43(32)47(28-45)29-48(40)34-13-11-14-35(23-34)50-36-18-19-38-37-15-8-9-16-39(37)49(41(38)24-36)42-22-33(20-21-46-42)44(5,6)7/h8-24,30-31H,25-28H2,1-7H3. The lowest BCUT2D eigenvalue weighted by molar-refractivity contribution is -0.694. The third-order valence-corrected chi connectivity index (χ3v) is 10.4. The predicted octanol–water partition coefficient (Wildman–Crippen LogP) is 10.9. The summed E-state index contributed by atoms with van der Waals surface area (Å²) in [5, 5.41) is 2.37. The third-order valence-electron chi connectivity index (χ3n) is 10.4. The first-order chi connectivity index (χ1) is 24.0. The molecular formula is C45H48N4O. The zero-order valence-electron chi connectivity index (χ0n) is 30.5. The number of nitrogens with zero attached hydrogens (tertiary/aromatic N) is 4. The largest absolute Gasteiger partial charge is 0.458 e. The number of hydrogen-bond acceptors (Lipinski definition) is 2. The molecule has 0 saturated carbocycles. The van der Waals surface area contributed by atoms with Crippen molar-refractivity contribution in [2.45, 2.75) is 79.7 Å². The van der Waals surface area contributed by atoms with Gasteiger partial charge >= 0.3 is 0 Å². The number of imidazole rings is 1. The zero-order valence-corrected chi connectivity index (χ0v) is 30.5. The van der Waals surface area contributed by atoms with Gasteiger partial charge in [0.1, 0.15) is 17.3 Å². The molecule has 0 radical (unpaired) electrons. The molecule has 0 bridgehead atoms. The highest BCUT2D eigenvalue weighted by atomic mass is 16.5. The molecule has 0 atom stereocenters. The first-order valence-corrected chi connectivity index (χ1v) is 18.2. The summed E-state index contributed by atoms with van der Waals surface area (Å²) in [6.45, 7) is 17.2. The van der Waals surface area contributed by atoms with Crippen molar-refractivity contribution in [2.24, 2.45) is 17.3 Å². The molecule has 3 aromatic heterocycles. The van der Waals surface area contributed by atoms with Crippen LogP contribution in [-0.4, -0.2) is 14.1 Å². The Labute approximate surface area is 296 Å². The predicted molar refractivity (Wildman–Crippen MR) is 205 cm³/mol. The SMILES string of the molecule is CC(C)CC1(CC(C)C)Cc2cccc3c2[n+]([c-]n3-c2cccc(Oc3ccc4c5ccccc5n(-c5cc(C(C)(C)C)ccn5)c4c3)c2)C1. The summed E-state index contributed by atoms with van der Waals surface area (Å²) in [7, 11) is 0. The molecule has 0 fully saturated rings. The first kappa shape index (κ1) is 32.3. The molecule has 5 heteroatoms. The minimum Gasteiger partial charge on any atom is -0.458 e. The van der Waals surface area contributed by atoms with E-state index in [1.54, 1.807) is 0 Å². The van der Waals surface area contributed by atoms with Crippen molar-refractivity contribution in [1.82, 2.24) is 14.1 Å². The second-order valence-corrected chi connectivity index (χ2v) is 16.5. The van der Waals surface area contributed by atoms with E-state index in [2.05, 4.69) is 159 Å². The van der Waals surface area contributed by atoms with Gasteiger partial charge in [0.2, 0.25) is 6.33 Å². The van der Waals surface area contributed by atoms with Crippen LogP contribution in [0.4, 0.5) is 0 Å². The Bertz CT molecular complexity index is 2360. The van der Waals surface area contributed by atoms with Crippen molar-refractivity contribution < 1.29 is 9.30 Å². The maximum atomic E-state index is 6.65. The Balaban J connectivity index is 1.17. The summed E-state index contributed by atoms with van der Waals surface area (Å²) in [6.07, 6.45) is 9.27. The van der Waals surface area contributed by atoms with E-state index in [1.807, 2.05) is 12.3 Å². The van der Waals surface area contributed by atoms with Crippen LogP contribution in [-0.2, 0) is 18.4 Å². The van der Waals surface area contributed by atoms with Gasteiger partial charge in [-0.05, 0) is 90.1 Å². The van der Waals surface area contributed by atoms with Crippen LogP contribution in [0.2, 0.25) is 0 Å². The molecule has 8 rings (SSSR count). The topological polar surface area (TPSA) is 35.9 Å². The van der Waals surface area contributed by atoms with E-state index in [1.165, 1.54) is 45.8 Å². The molecular weight excluding hydrogens is 613 g/mol. The lowest BCUT2D eigenvalue weighted by atomic mass is 9.69. The molecule has 1 aliphatic rings.